The molecule has 0 spiro atoms. The van der Waals surface area contributed by atoms with Crippen molar-refractivity contribution >= 4 is 28.7 Å². The standard InChI is InChI=1S/C14H13ClN2O3/c1-8-9(6-13(18)20-15)14-10(7-16)12(19-3)5-4-11(14)17(8)2/h4-5H,6H2,1-3H3. The van der Waals surface area contributed by atoms with Crippen LogP contribution in [0.1, 0.15) is 16.8 Å². The molecule has 20 heavy (non-hydrogen) atoms. The highest BCUT2D eigenvalue weighted by Crippen LogP contribution is 2.33. The summed E-state index contributed by atoms with van der Waals surface area (Å²) in [4.78, 5) is 11.5. The third-order valence-electron chi connectivity index (χ3n) is 3.49. The van der Waals surface area contributed by atoms with Crippen LogP contribution >= 0.6 is 11.9 Å². The van der Waals surface area contributed by atoms with Gasteiger partial charge in [0.15, 0.2) is 0 Å². The summed E-state index contributed by atoms with van der Waals surface area (Å²) in [6, 6.07) is 5.74. The Morgan fingerprint density at radius 1 is 1.50 bits per heavy atom. The van der Waals surface area contributed by atoms with Gasteiger partial charge in [0.25, 0.3) is 0 Å². The second kappa shape index (κ2) is 5.43. The van der Waals surface area contributed by atoms with Gasteiger partial charge in [-0.2, -0.15) is 5.26 Å². The van der Waals surface area contributed by atoms with Crippen LogP contribution < -0.4 is 4.74 Å². The molecule has 0 N–H and O–H groups in total. The van der Waals surface area contributed by atoms with Gasteiger partial charge in [-0.1, -0.05) is 0 Å². The normalized spacial score (nSPS) is 10.3. The Hall–Kier alpha value is -2.19. The number of carbonyl (C=O) groups excluding carboxylic acids is 1. The molecule has 0 bridgehead atoms. The summed E-state index contributed by atoms with van der Waals surface area (Å²) < 4.78 is 11.3. The van der Waals surface area contributed by atoms with Crippen LogP contribution in [0.3, 0.4) is 0 Å². The van der Waals surface area contributed by atoms with Crippen LogP contribution in [-0.4, -0.2) is 17.6 Å². The zero-order valence-corrected chi connectivity index (χ0v) is 12.1. The first kappa shape index (κ1) is 14.2. The maximum Gasteiger partial charge on any atom is 0.329 e. The molecular formula is C14H13ClN2O3. The Morgan fingerprint density at radius 3 is 2.75 bits per heavy atom. The molecule has 0 aliphatic rings. The van der Waals surface area contributed by atoms with Gasteiger partial charge in [0, 0.05) is 23.6 Å². The molecule has 5 nitrogen and oxygen atoms in total. The van der Waals surface area contributed by atoms with Crippen LogP contribution in [-0.2, 0) is 22.6 Å². The first-order valence-electron chi connectivity index (χ1n) is 5.91. The van der Waals surface area contributed by atoms with Crippen molar-refractivity contribution in [1.82, 2.24) is 4.57 Å². The Kier molecular flexibility index (Phi) is 3.86. The summed E-state index contributed by atoms with van der Waals surface area (Å²) in [6.45, 7) is 1.88. The maximum absolute atomic E-state index is 11.5. The summed E-state index contributed by atoms with van der Waals surface area (Å²) in [5, 5.41) is 10.1. The number of methoxy groups -OCH3 is 1. The van der Waals surface area contributed by atoms with Crippen molar-refractivity contribution < 1.29 is 13.8 Å². The van der Waals surface area contributed by atoms with E-state index < -0.39 is 5.97 Å². The van der Waals surface area contributed by atoms with Crippen LogP contribution in [0, 0.1) is 18.3 Å². The van der Waals surface area contributed by atoms with Crippen LogP contribution in [0.2, 0.25) is 0 Å². The summed E-state index contributed by atoms with van der Waals surface area (Å²) in [5.74, 6) is -0.0833. The number of hydrogen-bond acceptors (Lipinski definition) is 4. The van der Waals surface area contributed by atoms with Gasteiger partial charge in [0.2, 0.25) is 0 Å². The van der Waals surface area contributed by atoms with Crippen LogP contribution in [0.5, 0.6) is 5.75 Å². The molecule has 0 aliphatic heterocycles. The molecule has 0 fully saturated rings. The van der Waals surface area contributed by atoms with Crippen LogP contribution in [0.4, 0.5) is 0 Å². The molecule has 1 heterocycles. The fourth-order valence-corrected chi connectivity index (χ4v) is 2.45. The molecule has 104 valence electrons. The lowest BCUT2D eigenvalue weighted by Crippen LogP contribution is -2.03. The number of carbonyl (C=O) groups is 1. The number of aromatic nitrogens is 1. The van der Waals surface area contributed by atoms with Crippen molar-refractivity contribution in [1.29, 1.82) is 5.26 Å². The molecule has 2 rings (SSSR count). The smallest absolute Gasteiger partial charge is 0.329 e. The van der Waals surface area contributed by atoms with E-state index in [2.05, 4.69) is 10.4 Å². The molecule has 0 saturated heterocycles. The first-order chi connectivity index (χ1) is 9.54. The minimum Gasteiger partial charge on any atom is -0.495 e. The summed E-state index contributed by atoms with van der Waals surface area (Å²) in [7, 11) is 3.38. The number of rotatable bonds is 3. The Morgan fingerprint density at radius 2 is 2.20 bits per heavy atom. The predicted octanol–water partition coefficient (Wildman–Crippen LogP) is 2.61. The van der Waals surface area contributed by atoms with Gasteiger partial charge < -0.3 is 13.6 Å². The number of nitrogens with zero attached hydrogens (tertiary/aromatic N) is 2. The third kappa shape index (κ3) is 2.08. The lowest BCUT2D eigenvalue weighted by molar-refractivity contribution is -0.133. The topological polar surface area (TPSA) is 64.2 Å². The lowest BCUT2D eigenvalue weighted by Gasteiger charge is -2.05. The number of nitriles is 1. The molecule has 0 saturated carbocycles. The van der Waals surface area contributed by atoms with Crippen LogP contribution in [0.15, 0.2) is 12.1 Å². The highest BCUT2D eigenvalue weighted by molar-refractivity contribution is 6.13. The van der Waals surface area contributed by atoms with Gasteiger partial charge in [-0.05, 0) is 24.6 Å². The maximum atomic E-state index is 11.5. The molecule has 1 aromatic heterocycles. The molecule has 0 amide bonds. The molecule has 0 radical (unpaired) electrons. The van der Waals surface area contributed by atoms with E-state index in [1.807, 2.05) is 24.6 Å². The monoisotopic (exact) mass is 292 g/mol. The van der Waals surface area contributed by atoms with E-state index in [-0.39, 0.29) is 6.42 Å². The zero-order chi connectivity index (χ0) is 14.9. The zero-order valence-electron chi connectivity index (χ0n) is 11.4. The fraction of sp³-hybridized carbons (Fsp3) is 0.286. The number of benzene rings is 1. The number of hydrogen-bond donors (Lipinski definition) is 0. The predicted molar refractivity (Wildman–Crippen MR) is 74.6 cm³/mol. The second-order valence-electron chi connectivity index (χ2n) is 4.40. The quantitative estimate of drug-likeness (QED) is 0.872. The van der Waals surface area contributed by atoms with Gasteiger partial charge in [0.1, 0.15) is 29.2 Å². The van der Waals surface area contributed by atoms with E-state index in [0.29, 0.717) is 16.7 Å². The lowest BCUT2D eigenvalue weighted by atomic mass is 10.0. The van der Waals surface area contributed by atoms with Crippen molar-refractivity contribution in [3.8, 4) is 11.8 Å². The summed E-state index contributed by atoms with van der Waals surface area (Å²) in [5.41, 5.74) is 2.87. The second-order valence-corrected chi connectivity index (χ2v) is 4.55. The molecule has 1 aromatic carbocycles. The first-order valence-corrected chi connectivity index (χ1v) is 6.22. The highest BCUT2D eigenvalue weighted by Gasteiger charge is 2.20. The Balaban J connectivity index is 2.82. The van der Waals surface area contributed by atoms with E-state index in [1.54, 1.807) is 6.07 Å². The number of ether oxygens (including phenoxy) is 1. The summed E-state index contributed by atoms with van der Waals surface area (Å²) >= 11 is 5.10. The van der Waals surface area contributed by atoms with E-state index in [0.717, 1.165) is 16.8 Å². The largest absolute Gasteiger partial charge is 0.495 e. The van der Waals surface area contributed by atoms with E-state index in [4.69, 9.17) is 16.6 Å². The van der Waals surface area contributed by atoms with E-state index in [9.17, 15) is 10.1 Å². The van der Waals surface area contributed by atoms with Gasteiger partial charge >= 0.3 is 5.97 Å². The molecule has 0 atom stereocenters. The van der Waals surface area contributed by atoms with Crippen molar-refractivity contribution in [2.24, 2.45) is 7.05 Å². The number of fused-ring (bicyclic) bond motifs is 1. The molecular weight excluding hydrogens is 280 g/mol. The molecule has 2 aromatic rings. The SMILES string of the molecule is COc1ccc2c(c1C#N)c(CC(=O)OCl)c(C)n2C. The minimum atomic E-state index is -0.561. The van der Waals surface area contributed by atoms with E-state index in [1.165, 1.54) is 7.11 Å². The average molecular weight is 293 g/mol. The van der Waals surface area contributed by atoms with Crippen molar-refractivity contribution in [2.75, 3.05) is 7.11 Å². The third-order valence-corrected chi connectivity index (χ3v) is 3.66. The molecule has 6 heteroatoms. The van der Waals surface area contributed by atoms with Crippen molar-refractivity contribution in [3.05, 3.63) is 29.0 Å². The van der Waals surface area contributed by atoms with Gasteiger partial charge in [-0.3, -0.25) is 4.79 Å². The average Bonchev–Trinajstić information content (AvgIpc) is 2.71. The Bertz CT molecular complexity index is 728. The molecule has 0 aliphatic carbocycles. The van der Waals surface area contributed by atoms with Crippen molar-refractivity contribution in [2.45, 2.75) is 13.3 Å². The van der Waals surface area contributed by atoms with Gasteiger partial charge in [0.05, 0.1) is 13.5 Å². The minimum absolute atomic E-state index is 0.00845. The highest BCUT2D eigenvalue weighted by atomic mass is 35.5. The van der Waals surface area contributed by atoms with Crippen LogP contribution in [0.25, 0.3) is 10.9 Å². The summed E-state index contributed by atoms with van der Waals surface area (Å²) in [6.07, 6.45) is 0.00845. The number of halogens is 1. The van der Waals surface area contributed by atoms with Crippen molar-refractivity contribution in [3.63, 3.8) is 0 Å². The fourth-order valence-electron chi connectivity index (χ4n) is 2.39. The Labute approximate surface area is 121 Å². The van der Waals surface area contributed by atoms with Gasteiger partial charge in [-0.15, -0.1) is 0 Å². The van der Waals surface area contributed by atoms with Gasteiger partial charge in [-0.25, -0.2) is 0 Å². The molecule has 0 unspecified atom stereocenters. The number of aryl methyl sites for hydroxylation is 1. The van der Waals surface area contributed by atoms with E-state index >= 15 is 0 Å².